The van der Waals surface area contributed by atoms with Crippen LogP contribution in [0.25, 0.3) is 10.3 Å². The zero-order valence-electron chi connectivity index (χ0n) is 4.91. The van der Waals surface area contributed by atoms with Crippen LogP contribution in [0.2, 0.25) is 0 Å². The van der Waals surface area contributed by atoms with Gasteiger partial charge in [0.05, 0.1) is 0 Å². The summed E-state index contributed by atoms with van der Waals surface area (Å²) in [7, 11) is 0. The monoisotopic (exact) mass is 214 g/mol. The highest BCUT2D eigenvalue weighted by atomic mass is 79.9. The lowest BCUT2D eigenvalue weighted by molar-refractivity contribution is 1.39. The van der Waals surface area contributed by atoms with Gasteiger partial charge in [0, 0.05) is 6.20 Å². The predicted molar refractivity (Wildman–Crippen MR) is 45.1 cm³/mol. The molecule has 0 atom stereocenters. The number of thiazole rings is 1. The summed E-state index contributed by atoms with van der Waals surface area (Å²) in [4.78, 5) is 9.29. The van der Waals surface area contributed by atoms with Crippen molar-refractivity contribution >= 4 is 37.6 Å². The zero-order chi connectivity index (χ0) is 6.97. The van der Waals surface area contributed by atoms with Crippen molar-refractivity contribution in [2.24, 2.45) is 0 Å². The molecule has 2 aromatic heterocycles. The molecule has 4 heteroatoms. The van der Waals surface area contributed by atoms with Crippen molar-refractivity contribution in [1.29, 1.82) is 0 Å². The van der Waals surface area contributed by atoms with Crippen LogP contribution in [0.3, 0.4) is 0 Å². The van der Waals surface area contributed by atoms with E-state index in [9.17, 15) is 0 Å². The van der Waals surface area contributed by atoms with Gasteiger partial charge in [-0.2, -0.15) is 0 Å². The molecule has 0 bridgehead atoms. The van der Waals surface area contributed by atoms with E-state index in [1.54, 1.807) is 17.5 Å². The first-order valence-corrected chi connectivity index (χ1v) is 4.34. The highest BCUT2D eigenvalue weighted by Gasteiger charge is 1.98. The third kappa shape index (κ3) is 0.932. The molecule has 2 rings (SSSR count). The summed E-state index contributed by atoms with van der Waals surface area (Å²) >= 11 is 4.84. The molecule has 0 saturated carbocycles. The number of hydrogen-bond donors (Lipinski definition) is 0. The quantitative estimate of drug-likeness (QED) is 0.674. The maximum absolute atomic E-state index is 4.19. The van der Waals surface area contributed by atoms with Gasteiger partial charge in [0.1, 0.15) is 10.3 Å². The lowest BCUT2D eigenvalue weighted by atomic mass is 10.5. The Morgan fingerprint density at radius 3 is 3.20 bits per heavy atom. The lowest BCUT2D eigenvalue weighted by Crippen LogP contribution is -1.68. The van der Waals surface area contributed by atoms with E-state index in [-0.39, 0.29) is 0 Å². The van der Waals surface area contributed by atoms with Crippen LogP contribution in [0.4, 0.5) is 0 Å². The van der Waals surface area contributed by atoms with Crippen LogP contribution in [-0.4, -0.2) is 9.97 Å². The topological polar surface area (TPSA) is 25.8 Å². The molecule has 0 radical (unpaired) electrons. The van der Waals surface area contributed by atoms with Crippen LogP contribution in [-0.2, 0) is 0 Å². The van der Waals surface area contributed by atoms with Gasteiger partial charge in [-0.1, -0.05) is 11.3 Å². The molecule has 2 nitrogen and oxygen atoms in total. The number of halogens is 1. The van der Waals surface area contributed by atoms with Crippen LogP contribution in [0.15, 0.2) is 22.2 Å². The van der Waals surface area contributed by atoms with Gasteiger partial charge in [0.15, 0.2) is 3.92 Å². The normalized spacial score (nSPS) is 10.5. The van der Waals surface area contributed by atoms with Crippen molar-refractivity contribution in [3.63, 3.8) is 0 Å². The Bertz CT molecular complexity index is 324. The van der Waals surface area contributed by atoms with Crippen molar-refractivity contribution in [2.45, 2.75) is 0 Å². The van der Waals surface area contributed by atoms with Crippen molar-refractivity contribution in [1.82, 2.24) is 9.97 Å². The molecule has 0 aromatic carbocycles. The fourth-order valence-corrected chi connectivity index (χ4v) is 2.03. The van der Waals surface area contributed by atoms with E-state index in [1.807, 2.05) is 12.1 Å². The summed E-state index contributed by atoms with van der Waals surface area (Å²) < 4.78 is 0.890. The van der Waals surface area contributed by atoms with Crippen LogP contribution >= 0.6 is 27.3 Å². The van der Waals surface area contributed by atoms with Crippen LogP contribution in [0, 0.1) is 0 Å². The smallest absolute Gasteiger partial charge is 0.161 e. The maximum atomic E-state index is 4.19. The molecule has 2 aromatic rings. The average Bonchev–Trinajstić information content (AvgIpc) is 2.27. The van der Waals surface area contributed by atoms with Crippen molar-refractivity contribution in [2.75, 3.05) is 0 Å². The van der Waals surface area contributed by atoms with Gasteiger partial charge in [0.2, 0.25) is 0 Å². The minimum absolute atomic E-state index is 0.890. The number of nitrogens with zero attached hydrogens (tertiary/aromatic N) is 2. The van der Waals surface area contributed by atoms with Gasteiger partial charge in [-0.05, 0) is 28.1 Å². The third-order valence-electron chi connectivity index (χ3n) is 1.14. The van der Waals surface area contributed by atoms with Gasteiger partial charge in [0.25, 0.3) is 0 Å². The van der Waals surface area contributed by atoms with Crippen LogP contribution < -0.4 is 0 Å². The summed E-state index contributed by atoms with van der Waals surface area (Å²) in [5, 5.41) is 0. The highest BCUT2D eigenvalue weighted by molar-refractivity contribution is 9.11. The van der Waals surface area contributed by atoms with E-state index in [0.29, 0.717) is 0 Å². The second-order valence-electron chi connectivity index (χ2n) is 1.79. The minimum atomic E-state index is 0.890. The van der Waals surface area contributed by atoms with E-state index in [0.717, 1.165) is 14.3 Å². The number of fused-ring (bicyclic) bond motifs is 1. The molecule has 0 aliphatic heterocycles. The summed E-state index contributed by atoms with van der Waals surface area (Å²) in [6.45, 7) is 0. The first kappa shape index (κ1) is 6.24. The number of hydrogen-bond acceptors (Lipinski definition) is 3. The average molecular weight is 215 g/mol. The molecule has 0 saturated heterocycles. The second kappa shape index (κ2) is 2.29. The molecular formula is C6H3BrN2S. The van der Waals surface area contributed by atoms with Crippen LogP contribution in [0.5, 0.6) is 0 Å². The van der Waals surface area contributed by atoms with Gasteiger partial charge < -0.3 is 0 Å². The Labute approximate surface area is 70.1 Å². The predicted octanol–water partition coefficient (Wildman–Crippen LogP) is 2.45. The van der Waals surface area contributed by atoms with Crippen molar-refractivity contribution < 1.29 is 0 Å². The Balaban J connectivity index is 2.88. The molecular weight excluding hydrogens is 212 g/mol. The summed E-state index contributed by atoms with van der Waals surface area (Å²) in [6, 6.07) is 3.83. The fourth-order valence-electron chi connectivity index (χ4n) is 0.743. The first-order valence-electron chi connectivity index (χ1n) is 2.73. The Morgan fingerprint density at radius 2 is 2.40 bits per heavy atom. The highest BCUT2D eigenvalue weighted by Crippen LogP contribution is 2.22. The minimum Gasteiger partial charge on any atom is -0.244 e. The molecule has 0 spiro atoms. The van der Waals surface area contributed by atoms with Gasteiger partial charge in [-0.15, -0.1) is 0 Å². The fraction of sp³-hybridized carbons (Fsp3) is 0. The molecule has 0 aliphatic rings. The summed E-state index contributed by atoms with van der Waals surface area (Å²) in [6.07, 6.45) is 1.77. The van der Waals surface area contributed by atoms with E-state index < -0.39 is 0 Å². The molecule has 50 valence electrons. The molecule has 0 fully saturated rings. The summed E-state index contributed by atoms with van der Waals surface area (Å²) in [5.41, 5.74) is 0.958. The third-order valence-corrected chi connectivity index (χ3v) is 2.57. The van der Waals surface area contributed by atoms with E-state index >= 15 is 0 Å². The Kier molecular flexibility index (Phi) is 1.43. The SMILES string of the molecule is Brc1nc2cccnc2s1. The zero-order valence-corrected chi connectivity index (χ0v) is 7.32. The molecule has 0 N–H and O–H groups in total. The first-order chi connectivity index (χ1) is 4.86. The second-order valence-corrected chi connectivity index (χ2v) is 4.05. The van der Waals surface area contributed by atoms with Gasteiger partial charge in [-0.25, -0.2) is 9.97 Å². The Hall–Kier alpha value is -0.480. The van der Waals surface area contributed by atoms with Gasteiger partial charge in [-0.3, -0.25) is 0 Å². The maximum Gasteiger partial charge on any atom is 0.161 e. The molecule has 0 unspecified atom stereocenters. The standard InChI is InChI=1S/C6H3BrN2S/c7-6-9-4-2-1-3-8-5(4)10-6/h1-3H. The molecule has 10 heavy (non-hydrogen) atoms. The Morgan fingerprint density at radius 1 is 1.50 bits per heavy atom. The van der Waals surface area contributed by atoms with E-state index in [2.05, 4.69) is 25.9 Å². The number of rotatable bonds is 0. The molecule has 2 heterocycles. The molecule has 0 aliphatic carbocycles. The van der Waals surface area contributed by atoms with E-state index in [4.69, 9.17) is 0 Å². The number of aromatic nitrogens is 2. The summed E-state index contributed by atoms with van der Waals surface area (Å²) in [5.74, 6) is 0. The van der Waals surface area contributed by atoms with Gasteiger partial charge >= 0.3 is 0 Å². The largest absolute Gasteiger partial charge is 0.244 e. The van der Waals surface area contributed by atoms with Crippen molar-refractivity contribution in [3.8, 4) is 0 Å². The van der Waals surface area contributed by atoms with Crippen LogP contribution in [0.1, 0.15) is 0 Å². The lowest BCUT2D eigenvalue weighted by Gasteiger charge is -1.79. The number of pyridine rings is 1. The molecule has 0 amide bonds. The van der Waals surface area contributed by atoms with Crippen molar-refractivity contribution in [3.05, 3.63) is 22.2 Å². The van der Waals surface area contributed by atoms with E-state index in [1.165, 1.54) is 0 Å².